The van der Waals surface area contributed by atoms with Crippen molar-refractivity contribution in [2.45, 2.75) is 25.8 Å². The van der Waals surface area contributed by atoms with Crippen LogP contribution in [-0.2, 0) is 0 Å². The van der Waals surface area contributed by atoms with E-state index >= 15 is 0 Å². The smallest absolute Gasteiger partial charge is 0.00708 e. The molecular formula is C5H11N. The van der Waals surface area contributed by atoms with Crippen LogP contribution >= 0.6 is 0 Å². The van der Waals surface area contributed by atoms with Gasteiger partial charge in [-0.3, -0.25) is 0 Å². The number of nitrogens with two attached hydrogens (primary N) is 1. The van der Waals surface area contributed by atoms with Gasteiger partial charge in [-0.05, 0) is 12.3 Å². The molecule has 1 saturated carbocycles. The molecule has 1 aliphatic carbocycles. The van der Waals surface area contributed by atoms with E-state index in [9.17, 15) is 0 Å². The van der Waals surface area contributed by atoms with Crippen LogP contribution in [0.1, 0.15) is 19.8 Å². The minimum atomic E-state index is 0.565. The maximum absolute atomic E-state index is 5.48. The van der Waals surface area contributed by atoms with Gasteiger partial charge >= 0.3 is 0 Å². The lowest BCUT2D eigenvalue weighted by Crippen LogP contribution is -2.00. The SMILES string of the molecule is CC[C@@H]1CC1N. The summed E-state index contributed by atoms with van der Waals surface area (Å²) in [7, 11) is 0. The lowest BCUT2D eigenvalue weighted by molar-refractivity contribution is 0.759. The zero-order valence-corrected chi connectivity index (χ0v) is 4.15. The molecule has 1 aliphatic rings. The molecule has 0 radical (unpaired) electrons. The quantitative estimate of drug-likeness (QED) is 0.499. The van der Waals surface area contributed by atoms with Gasteiger partial charge in [0.1, 0.15) is 0 Å². The van der Waals surface area contributed by atoms with Crippen LogP contribution in [0.2, 0.25) is 0 Å². The summed E-state index contributed by atoms with van der Waals surface area (Å²) < 4.78 is 0. The molecule has 1 nitrogen and oxygen atoms in total. The van der Waals surface area contributed by atoms with E-state index in [2.05, 4.69) is 6.92 Å². The van der Waals surface area contributed by atoms with Gasteiger partial charge in [-0.25, -0.2) is 0 Å². The van der Waals surface area contributed by atoms with Gasteiger partial charge in [0.2, 0.25) is 0 Å². The summed E-state index contributed by atoms with van der Waals surface area (Å²) in [5.74, 6) is 0.880. The molecule has 1 fully saturated rings. The van der Waals surface area contributed by atoms with Gasteiger partial charge in [-0.1, -0.05) is 13.3 Å². The highest BCUT2D eigenvalue weighted by Gasteiger charge is 2.30. The fourth-order valence-electron chi connectivity index (χ4n) is 0.740. The predicted octanol–water partition coefficient (Wildman–Crippen LogP) is 0.744. The van der Waals surface area contributed by atoms with E-state index in [1.54, 1.807) is 0 Å². The lowest BCUT2D eigenvalue weighted by atomic mass is 10.3. The first-order valence-electron chi connectivity index (χ1n) is 2.60. The largest absolute Gasteiger partial charge is 0.327 e. The summed E-state index contributed by atoms with van der Waals surface area (Å²) in [5.41, 5.74) is 5.48. The third-order valence-electron chi connectivity index (χ3n) is 1.50. The first kappa shape index (κ1) is 4.13. The third kappa shape index (κ3) is 0.548. The molecule has 0 heterocycles. The summed E-state index contributed by atoms with van der Waals surface area (Å²) in [5, 5.41) is 0. The Hall–Kier alpha value is -0.0400. The van der Waals surface area contributed by atoms with Crippen molar-refractivity contribution in [2.75, 3.05) is 0 Å². The second kappa shape index (κ2) is 1.23. The van der Waals surface area contributed by atoms with Crippen LogP contribution in [-0.4, -0.2) is 6.04 Å². The first-order valence-corrected chi connectivity index (χ1v) is 2.60. The average molecular weight is 85.2 g/mol. The molecule has 36 valence electrons. The standard InChI is InChI=1S/C5H11N/c1-2-4-3-5(4)6/h4-5H,2-3,6H2,1H3/t4-,5?/m1/s1. The van der Waals surface area contributed by atoms with Crippen LogP contribution in [0.4, 0.5) is 0 Å². The minimum Gasteiger partial charge on any atom is -0.327 e. The van der Waals surface area contributed by atoms with Gasteiger partial charge in [-0.15, -0.1) is 0 Å². The molecule has 0 amide bonds. The summed E-state index contributed by atoms with van der Waals surface area (Å²) in [6, 6.07) is 0.565. The Morgan fingerprint density at radius 3 is 2.33 bits per heavy atom. The number of hydrogen-bond acceptors (Lipinski definition) is 1. The second-order valence-corrected chi connectivity index (χ2v) is 2.07. The van der Waals surface area contributed by atoms with E-state index in [1.165, 1.54) is 12.8 Å². The van der Waals surface area contributed by atoms with Crippen molar-refractivity contribution in [2.24, 2.45) is 11.7 Å². The van der Waals surface area contributed by atoms with Crippen LogP contribution in [0.25, 0.3) is 0 Å². The van der Waals surface area contributed by atoms with E-state index in [4.69, 9.17) is 5.73 Å². The van der Waals surface area contributed by atoms with Gasteiger partial charge < -0.3 is 5.73 Å². The molecule has 2 N–H and O–H groups in total. The maximum atomic E-state index is 5.48. The van der Waals surface area contributed by atoms with Crippen molar-refractivity contribution < 1.29 is 0 Å². The molecule has 1 rings (SSSR count). The van der Waals surface area contributed by atoms with Crippen LogP contribution in [0, 0.1) is 5.92 Å². The van der Waals surface area contributed by atoms with Gasteiger partial charge in [0.25, 0.3) is 0 Å². The highest BCUT2D eigenvalue weighted by Crippen LogP contribution is 2.30. The molecule has 0 spiro atoms. The zero-order valence-electron chi connectivity index (χ0n) is 4.15. The molecule has 0 aliphatic heterocycles. The Bertz CT molecular complexity index is 49.9. The van der Waals surface area contributed by atoms with E-state index < -0.39 is 0 Å². The second-order valence-electron chi connectivity index (χ2n) is 2.07. The third-order valence-corrected chi connectivity index (χ3v) is 1.50. The normalized spacial score (nSPS) is 43.0. The van der Waals surface area contributed by atoms with Gasteiger partial charge in [0.05, 0.1) is 0 Å². The predicted molar refractivity (Wildman–Crippen MR) is 26.4 cm³/mol. The molecule has 0 aromatic heterocycles. The molecule has 0 aromatic rings. The Morgan fingerprint density at radius 2 is 2.33 bits per heavy atom. The van der Waals surface area contributed by atoms with Crippen molar-refractivity contribution in [1.29, 1.82) is 0 Å². The van der Waals surface area contributed by atoms with Crippen molar-refractivity contribution in [3.8, 4) is 0 Å². The average Bonchev–Trinajstić information content (AvgIpc) is 2.19. The number of hydrogen-bond donors (Lipinski definition) is 1. The summed E-state index contributed by atoms with van der Waals surface area (Å²) >= 11 is 0. The lowest BCUT2D eigenvalue weighted by Gasteiger charge is -1.79. The summed E-state index contributed by atoms with van der Waals surface area (Å²) in [6.07, 6.45) is 2.55. The molecule has 2 atom stereocenters. The van der Waals surface area contributed by atoms with Crippen LogP contribution in [0.3, 0.4) is 0 Å². The van der Waals surface area contributed by atoms with Crippen molar-refractivity contribution in [1.82, 2.24) is 0 Å². The Labute approximate surface area is 38.5 Å². The maximum Gasteiger partial charge on any atom is 0.00708 e. The van der Waals surface area contributed by atoms with Crippen molar-refractivity contribution in [3.63, 3.8) is 0 Å². The van der Waals surface area contributed by atoms with Gasteiger partial charge in [0.15, 0.2) is 0 Å². The van der Waals surface area contributed by atoms with E-state index in [1.807, 2.05) is 0 Å². The van der Waals surface area contributed by atoms with Crippen LogP contribution < -0.4 is 5.73 Å². The number of rotatable bonds is 1. The van der Waals surface area contributed by atoms with Crippen molar-refractivity contribution in [3.05, 3.63) is 0 Å². The molecule has 0 bridgehead atoms. The summed E-state index contributed by atoms with van der Waals surface area (Å²) in [4.78, 5) is 0. The molecule has 0 aromatic carbocycles. The highest BCUT2D eigenvalue weighted by molar-refractivity contribution is 4.88. The molecular weight excluding hydrogens is 74.1 g/mol. The molecule has 1 heteroatoms. The van der Waals surface area contributed by atoms with Crippen LogP contribution in [0.5, 0.6) is 0 Å². The van der Waals surface area contributed by atoms with Gasteiger partial charge in [-0.2, -0.15) is 0 Å². The first-order chi connectivity index (χ1) is 2.84. The Balaban J connectivity index is 2.09. The summed E-state index contributed by atoms with van der Waals surface area (Å²) in [6.45, 7) is 2.19. The van der Waals surface area contributed by atoms with E-state index in [-0.39, 0.29) is 0 Å². The fourth-order valence-corrected chi connectivity index (χ4v) is 0.740. The minimum absolute atomic E-state index is 0.565. The molecule has 6 heavy (non-hydrogen) atoms. The molecule has 0 saturated heterocycles. The Morgan fingerprint density at radius 1 is 1.83 bits per heavy atom. The van der Waals surface area contributed by atoms with E-state index in [0.717, 1.165) is 5.92 Å². The monoisotopic (exact) mass is 85.1 g/mol. The van der Waals surface area contributed by atoms with E-state index in [0.29, 0.717) is 6.04 Å². The van der Waals surface area contributed by atoms with Crippen molar-refractivity contribution >= 4 is 0 Å². The highest BCUT2D eigenvalue weighted by atomic mass is 14.7. The molecule has 1 unspecified atom stereocenters. The topological polar surface area (TPSA) is 26.0 Å². The fraction of sp³-hybridized carbons (Fsp3) is 1.00. The Kier molecular flexibility index (Phi) is 0.845. The van der Waals surface area contributed by atoms with Gasteiger partial charge in [0, 0.05) is 6.04 Å². The zero-order chi connectivity index (χ0) is 4.57. The van der Waals surface area contributed by atoms with Crippen LogP contribution in [0.15, 0.2) is 0 Å².